The molecule has 1 aliphatic carbocycles. The van der Waals surface area contributed by atoms with Gasteiger partial charge in [0.15, 0.2) is 0 Å². The van der Waals surface area contributed by atoms with Crippen molar-refractivity contribution in [3.63, 3.8) is 0 Å². The number of nitrogens with zero attached hydrogens (tertiary/aromatic N) is 1. The fourth-order valence-corrected chi connectivity index (χ4v) is 5.16. The summed E-state index contributed by atoms with van der Waals surface area (Å²) in [5.74, 6) is 0.449. The van der Waals surface area contributed by atoms with Gasteiger partial charge in [-0.3, -0.25) is 9.59 Å². The average molecular weight is 443 g/mol. The summed E-state index contributed by atoms with van der Waals surface area (Å²) in [5, 5.41) is 0. The monoisotopic (exact) mass is 442 g/mol. The SMILES string of the molecule is Cc1cc(C)c(/C=C2\C(=O)N(CC3CCC(N)CC3)c3cc(-c4ccc[nH]c4=O)ccc32)[nH]1. The highest BCUT2D eigenvalue weighted by molar-refractivity contribution is 6.36. The maximum atomic E-state index is 13.7. The molecule has 0 bridgehead atoms. The van der Waals surface area contributed by atoms with E-state index in [4.69, 9.17) is 5.73 Å². The van der Waals surface area contributed by atoms with Gasteiger partial charge in [-0.25, -0.2) is 0 Å². The van der Waals surface area contributed by atoms with Gasteiger partial charge in [0, 0.05) is 41.3 Å². The highest BCUT2D eigenvalue weighted by atomic mass is 16.2. The molecule has 3 aromatic rings. The van der Waals surface area contributed by atoms with Gasteiger partial charge in [-0.2, -0.15) is 0 Å². The van der Waals surface area contributed by atoms with Crippen molar-refractivity contribution in [1.82, 2.24) is 9.97 Å². The van der Waals surface area contributed by atoms with Gasteiger partial charge >= 0.3 is 0 Å². The number of H-pyrrole nitrogens is 2. The average Bonchev–Trinajstić information content (AvgIpc) is 3.25. The first kappa shape index (κ1) is 21.5. The summed E-state index contributed by atoms with van der Waals surface area (Å²) in [6.45, 7) is 4.74. The van der Waals surface area contributed by atoms with Gasteiger partial charge in [0.1, 0.15) is 0 Å². The Morgan fingerprint density at radius 2 is 1.85 bits per heavy atom. The van der Waals surface area contributed by atoms with Crippen molar-refractivity contribution in [3.8, 4) is 11.1 Å². The number of benzene rings is 1. The van der Waals surface area contributed by atoms with Crippen molar-refractivity contribution in [2.24, 2.45) is 11.7 Å². The summed E-state index contributed by atoms with van der Waals surface area (Å²) in [7, 11) is 0. The number of aromatic amines is 2. The van der Waals surface area contributed by atoms with Gasteiger partial charge in [-0.05, 0) is 86.9 Å². The van der Waals surface area contributed by atoms with Crippen LogP contribution in [0.1, 0.15) is 48.2 Å². The van der Waals surface area contributed by atoms with E-state index in [1.165, 1.54) is 0 Å². The van der Waals surface area contributed by atoms with Gasteiger partial charge in [0.25, 0.3) is 11.5 Å². The minimum atomic E-state index is -0.136. The molecule has 170 valence electrons. The molecule has 1 aliphatic heterocycles. The Balaban J connectivity index is 1.58. The zero-order chi connectivity index (χ0) is 23.1. The van der Waals surface area contributed by atoms with Crippen LogP contribution in [0.25, 0.3) is 22.8 Å². The van der Waals surface area contributed by atoms with Gasteiger partial charge in [-0.15, -0.1) is 0 Å². The van der Waals surface area contributed by atoms with Crippen LogP contribution in [0.5, 0.6) is 0 Å². The van der Waals surface area contributed by atoms with Crippen LogP contribution in [0.2, 0.25) is 0 Å². The molecule has 6 nitrogen and oxygen atoms in total. The zero-order valence-corrected chi connectivity index (χ0v) is 19.2. The van der Waals surface area contributed by atoms with Crippen LogP contribution in [-0.4, -0.2) is 28.5 Å². The quantitative estimate of drug-likeness (QED) is 0.523. The molecule has 0 spiro atoms. The zero-order valence-electron chi connectivity index (χ0n) is 19.2. The Labute approximate surface area is 193 Å². The predicted molar refractivity (Wildman–Crippen MR) is 133 cm³/mol. The molecule has 0 saturated heterocycles. The van der Waals surface area contributed by atoms with E-state index in [2.05, 4.69) is 16.0 Å². The van der Waals surface area contributed by atoms with E-state index >= 15 is 0 Å². The van der Waals surface area contributed by atoms with Gasteiger partial charge in [0.2, 0.25) is 0 Å². The van der Waals surface area contributed by atoms with Crippen molar-refractivity contribution in [1.29, 1.82) is 0 Å². The molecule has 6 heteroatoms. The lowest BCUT2D eigenvalue weighted by molar-refractivity contribution is -0.113. The molecule has 0 radical (unpaired) electrons. The minimum Gasteiger partial charge on any atom is -0.359 e. The van der Waals surface area contributed by atoms with Crippen LogP contribution >= 0.6 is 0 Å². The Morgan fingerprint density at radius 1 is 1.06 bits per heavy atom. The Hall–Kier alpha value is -3.38. The van der Waals surface area contributed by atoms with Crippen LogP contribution in [0.4, 0.5) is 5.69 Å². The van der Waals surface area contributed by atoms with Crippen molar-refractivity contribution in [2.45, 2.75) is 45.6 Å². The number of carbonyl (C=O) groups is 1. The van der Waals surface area contributed by atoms with E-state index in [9.17, 15) is 9.59 Å². The molecule has 2 aromatic heterocycles. The van der Waals surface area contributed by atoms with E-state index in [1.807, 2.05) is 55.2 Å². The van der Waals surface area contributed by atoms with Crippen molar-refractivity contribution in [3.05, 3.63) is 75.5 Å². The largest absolute Gasteiger partial charge is 0.359 e. The molecule has 1 fully saturated rings. The molecular formula is C27H30N4O2. The normalized spacial score (nSPS) is 21.6. The molecule has 33 heavy (non-hydrogen) atoms. The summed E-state index contributed by atoms with van der Waals surface area (Å²) in [4.78, 5) is 34.1. The summed E-state index contributed by atoms with van der Waals surface area (Å²) >= 11 is 0. The number of amides is 1. The van der Waals surface area contributed by atoms with E-state index in [1.54, 1.807) is 6.20 Å². The topological polar surface area (TPSA) is 95.0 Å². The number of rotatable bonds is 4. The number of nitrogens with two attached hydrogens (primary N) is 1. The third-order valence-electron chi connectivity index (χ3n) is 6.99. The first-order valence-electron chi connectivity index (χ1n) is 11.7. The van der Waals surface area contributed by atoms with Crippen LogP contribution in [0, 0.1) is 19.8 Å². The second-order valence-electron chi connectivity index (χ2n) is 9.45. The second-order valence-corrected chi connectivity index (χ2v) is 9.45. The number of hydrogen-bond donors (Lipinski definition) is 3. The molecular weight excluding hydrogens is 412 g/mol. The number of nitrogens with one attached hydrogen (secondary N) is 2. The van der Waals surface area contributed by atoms with Gasteiger partial charge in [0.05, 0.1) is 11.3 Å². The lowest BCUT2D eigenvalue weighted by Crippen LogP contribution is -2.36. The van der Waals surface area contributed by atoms with Crippen LogP contribution < -0.4 is 16.2 Å². The van der Waals surface area contributed by atoms with E-state index in [0.29, 0.717) is 23.6 Å². The molecule has 4 N–H and O–H groups in total. The number of aryl methyl sites for hydroxylation is 2. The molecule has 1 aromatic carbocycles. The Kier molecular flexibility index (Phi) is 5.54. The van der Waals surface area contributed by atoms with Gasteiger partial charge in [-0.1, -0.05) is 12.1 Å². The Morgan fingerprint density at radius 3 is 2.55 bits per heavy atom. The predicted octanol–water partition coefficient (Wildman–Crippen LogP) is 4.39. The smallest absolute Gasteiger partial charge is 0.259 e. The van der Waals surface area contributed by atoms with Crippen molar-refractivity contribution < 1.29 is 4.79 Å². The number of hydrogen-bond acceptors (Lipinski definition) is 3. The first-order chi connectivity index (χ1) is 15.9. The Bertz CT molecular complexity index is 1290. The van der Waals surface area contributed by atoms with Crippen LogP contribution in [-0.2, 0) is 4.79 Å². The van der Waals surface area contributed by atoms with Crippen molar-refractivity contribution in [2.75, 3.05) is 11.4 Å². The van der Waals surface area contributed by atoms with Crippen LogP contribution in [0.3, 0.4) is 0 Å². The molecule has 0 unspecified atom stereocenters. The maximum absolute atomic E-state index is 13.7. The molecule has 1 amide bonds. The van der Waals surface area contributed by atoms with Crippen LogP contribution in [0.15, 0.2) is 47.4 Å². The van der Waals surface area contributed by atoms with Crippen molar-refractivity contribution >= 4 is 23.2 Å². The lowest BCUT2D eigenvalue weighted by atomic mass is 9.86. The highest BCUT2D eigenvalue weighted by Crippen LogP contribution is 2.41. The lowest BCUT2D eigenvalue weighted by Gasteiger charge is -2.30. The number of aromatic nitrogens is 2. The maximum Gasteiger partial charge on any atom is 0.259 e. The number of fused-ring (bicyclic) bond motifs is 1. The first-order valence-corrected chi connectivity index (χ1v) is 11.7. The minimum absolute atomic E-state index is 0.0191. The summed E-state index contributed by atoms with van der Waals surface area (Å²) in [5.41, 5.74) is 13.0. The molecule has 3 heterocycles. The van der Waals surface area contributed by atoms with E-state index in [0.717, 1.165) is 59.4 Å². The summed E-state index contributed by atoms with van der Waals surface area (Å²) in [6.07, 6.45) is 7.67. The van der Waals surface area contributed by atoms with E-state index in [-0.39, 0.29) is 17.5 Å². The third kappa shape index (κ3) is 4.07. The fourth-order valence-electron chi connectivity index (χ4n) is 5.16. The van der Waals surface area contributed by atoms with E-state index < -0.39 is 0 Å². The molecule has 5 rings (SSSR count). The second kappa shape index (κ2) is 8.52. The standard InChI is InChI=1S/C27H30N4O2/c1-16-12-17(2)30-24(16)14-23-22-10-7-19(21-4-3-11-29-26(21)32)13-25(22)31(27(23)33)15-18-5-8-20(28)9-6-18/h3-4,7,10-14,18,20,30H,5-6,8-9,15,28H2,1-2H3,(H,29,32)/b23-14-. The summed E-state index contributed by atoms with van der Waals surface area (Å²) in [6, 6.07) is 11.9. The number of pyridine rings is 1. The fraction of sp³-hybridized carbons (Fsp3) is 0.333. The number of anilines is 1. The molecule has 2 aliphatic rings. The highest BCUT2D eigenvalue weighted by Gasteiger charge is 2.35. The molecule has 0 atom stereocenters. The third-order valence-corrected chi connectivity index (χ3v) is 6.99. The number of carbonyl (C=O) groups excluding carboxylic acids is 1. The van der Waals surface area contributed by atoms with Gasteiger partial charge < -0.3 is 20.6 Å². The molecule has 1 saturated carbocycles. The summed E-state index contributed by atoms with van der Waals surface area (Å²) < 4.78 is 0.